The number of rotatable bonds is 20. The van der Waals surface area contributed by atoms with E-state index in [1.807, 2.05) is 0 Å². The van der Waals surface area contributed by atoms with Crippen molar-refractivity contribution in [3.05, 3.63) is 12.4 Å². The van der Waals surface area contributed by atoms with Crippen molar-refractivity contribution < 1.29 is 0 Å². The fourth-order valence-corrected chi connectivity index (χ4v) is 4.50. The predicted molar refractivity (Wildman–Crippen MR) is 126 cm³/mol. The van der Waals surface area contributed by atoms with Crippen LogP contribution in [0.1, 0.15) is 136 Å². The molecule has 0 aromatic heterocycles. The summed E-state index contributed by atoms with van der Waals surface area (Å²) in [7, 11) is 0. The summed E-state index contributed by atoms with van der Waals surface area (Å²) in [6, 6.07) is 0. The predicted octanol–water partition coefficient (Wildman–Crippen LogP) is 8.48. The van der Waals surface area contributed by atoms with Crippen LogP contribution >= 0.6 is 0 Å². The first-order chi connectivity index (χ1) is 13.8. The van der Waals surface area contributed by atoms with Crippen LogP contribution in [-0.4, -0.2) is 29.1 Å². The molecule has 0 saturated carbocycles. The van der Waals surface area contributed by atoms with Gasteiger partial charge in [-0.25, -0.2) is 0 Å². The molecule has 2 heteroatoms. The van der Waals surface area contributed by atoms with Gasteiger partial charge in [0.25, 0.3) is 0 Å². The summed E-state index contributed by atoms with van der Waals surface area (Å²) in [5.74, 6) is 0. The van der Waals surface area contributed by atoms with E-state index in [0.29, 0.717) is 6.17 Å². The van der Waals surface area contributed by atoms with Crippen LogP contribution < -0.4 is 0 Å². The van der Waals surface area contributed by atoms with Crippen LogP contribution in [0.4, 0.5) is 0 Å². The van der Waals surface area contributed by atoms with Gasteiger partial charge in [-0.3, -0.25) is 0 Å². The Hall–Kier alpha value is -0.660. The molecular formula is C26H52N2. The van der Waals surface area contributed by atoms with Crippen molar-refractivity contribution in [3.8, 4) is 0 Å². The highest BCUT2D eigenvalue weighted by Crippen LogP contribution is 2.22. The van der Waals surface area contributed by atoms with Gasteiger partial charge in [0.05, 0.1) is 0 Å². The van der Waals surface area contributed by atoms with E-state index < -0.39 is 0 Å². The van der Waals surface area contributed by atoms with Crippen molar-refractivity contribution in [3.63, 3.8) is 0 Å². The van der Waals surface area contributed by atoms with Crippen LogP contribution in [-0.2, 0) is 0 Å². The van der Waals surface area contributed by atoms with Crippen LogP contribution in [0.25, 0.3) is 0 Å². The molecular weight excluding hydrogens is 340 g/mol. The highest BCUT2D eigenvalue weighted by molar-refractivity contribution is 4.96. The summed E-state index contributed by atoms with van der Waals surface area (Å²) < 4.78 is 0. The molecule has 0 fully saturated rings. The van der Waals surface area contributed by atoms with Gasteiger partial charge in [0, 0.05) is 25.5 Å². The molecule has 28 heavy (non-hydrogen) atoms. The Balaban J connectivity index is 2.07. The lowest BCUT2D eigenvalue weighted by atomic mass is 10.1. The molecule has 2 nitrogen and oxygen atoms in total. The Kier molecular flexibility index (Phi) is 16.7. The van der Waals surface area contributed by atoms with Gasteiger partial charge in [0.15, 0.2) is 0 Å². The van der Waals surface area contributed by atoms with Gasteiger partial charge in [0.1, 0.15) is 6.17 Å². The van der Waals surface area contributed by atoms with E-state index in [2.05, 4.69) is 43.0 Å². The van der Waals surface area contributed by atoms with Gasteiger partial charge < -0.3 is 9.80 Å². The molecule has 0 aromatic carbocycles. The molecule has 1 unspecified atom stereocenters. The molecule has 0 aromatic rings. The summed E-state index contributed by atoms with van der Waals surface area (Å²) in [6.45, 7) is 9.30. The second-order valence-electron chi connectivity index (χ2n) is 8.94. The zero-order valence-corrected chi connectivity index (χ0v) is 19.8. The first kappa shape index (κ1) is 25.4. The second-order valence-corrected chi connectivity index (χ2v) is 8.94. The Morgan fingerprint density at radius 3 is 1.43 bits per heavy atom. The molecule has 0 aliphatic carbocycles. The van der Waals surface area contributed by atoms with E-state index in [1.54, 1.807) is 0 Å². The van der Waals surface area contributed by atoms with E-state index in [0.717, 1.165) is 6.54 Å². The Labute approximate surface area is 178 Å². The molecule has 0 amide bonds. The van der Waals surface area contributed by atoms with Crippen molar-refractivity contribution in [2.75, 3.05) is 13.1 Å². The number of nitrogens with zero attached hydrogens (tertiary/aromatic N) is 2. The largest absolute Gasteiger partial charge is 0.356 e. The molecule has 0 spiro atoms. The summed E-state index contributed by atoms with van der Waals surface area (Å²) in [5, 5.41) is 0. The van der Waals surface area contributed by atoms with Crippen molar-refractivity contribution in [2.45, 2.75) is 143 Å². The summed E-state index contributed by atoms with van der Waals surface area (Å²) in [4.78, 5) is 5.18. The lowest BCUT2D eigenvalue weighted by Crippen LogP contribution is -2.38. The highest BCUT2D eigenvalue weighted by Gasteiger charge is 2.23. The molecule has 1 rings (SSSR count). The molecule has 0 bridgehead atoms. The third-order valence-electron chi connectivity index (χ3n) is 6.42. The molecule has 1 heterocycles. The van der Waals surface area contributed by atoms with E-state index in [9.17, 15) is 0 Å². The minimum absolute atomic E-state index is 0.638. The van der Waals surface area contributed by atoms with Crippen molar-refractivity contribution in [1.82, 2.24) is 9.80 Å². The Bertz CT molecular complexity index is 352. The summed E-state index contributed by atoms with van der Waals surface area (Å²) in [6.07, 6.45) is 30.9. The summed E-state index contributed by atoms with van der Waals surface area (Å²) in [5.41, 5.74) is 0. The molecule has 1 aliphatic rings. The lowest BCUT2D eigenvalue weighted by molar-refractivity contribution is 0.142. The highest BCUT2D eigenvalue weighted by atomic mass is 15.4. The first-order valence-corrected chi connectivity index (χ1v) is 13.0. The van der Waals surface area contributed by atoms with Crippen LogP contribution in [0.5, 0.6) is 0 Å². The quantitative estimate of drug-likeness (QED) is 0.192. The molecule has 1 atom stereocenters. The van der Waals surface area contributed by atoms with Crippen LogP contribution in [0, 0.1) is 0 Å². The minimum Gasteiger partial charge on any atom is -0.356 e. The van der Waals surface area contributed by atoms with Gasteiger partial charge in [-0.15, -0.1) is 0 Å². The fraction of sp³-hybridized carbons (Fsp3) is 0.923. The number of hydrogen-bond donors (Lipinski definition) is 0. The SMILES string of the molecule is CCCCCCCCCCCC1N(CC)C=CN1CCCCCCCCCC. The normalized spacial score (nSPS) is 16.5. The van der Waals surface area contributed by atoms with E-state index in [4.69, 9.17) is 0 Å². The van der Waals surface area contributed by atoms with Crippen molar-refractivity contribution in [1.29, 1.82) is 0 Å². The first-order valence-electron chi connectivity index (χ1n) is 13.0. The lowest BCUT2D eigenvalue weighted by Gasteiger charge is -2.32. The third kappa shape index (κ3) is 12.0. The minimum atomic E-state index is 0.638. The zero-order chi connectivity index (χ0) is 20.3. The Morgan fingerprint density at radius 1 is 0.500 bits per heavy atom. The third-order valence-corrected chi connectivity index (χ3v) is 6.42. The monoisotopic (exact) mass is 392 g/mol. The molecule has 1 aliphatic heterocycles. The van der Waals surface area contributed by atoms with Crippen molar-refractivity contribution >= 4 is 0 Å². The van der Waals surface area contributed by atoms with Crippen molar-refractivity contribution in [2.24, 2.45) is 0 Å². The maximum Gasteiger partial charge on any atom is 0.101 e. The molecule has 0 radical (unpaired) electrons. The maximum absolute atomic E-state index is 2.63. The van der Waals surface area contributed by atoms with E-state index in [1.165, 1.54) is 122 Å². The Morgan fingerprint density at radius 2 is 0.929 bits per heavy atom. The smallest absolute Gasteiger partial charge is 0.101 e. The molecule has 0 saturated heterocycles. The average Bonchev–Trinajstić information content (AvgIpc) is 3.10. The second kappa shape index (κ2) is 18.4. The zero-order valence-electron chi connectivity index (χ0n) is 19.8. The number of unbranched alkanes of at least 4 members (excludes halogenated alkanes) is 15. The van der Waals surface area contributed by atoms with Gasteiger partial charge >= 0.3 is 0 Å². The van der Waals surface area contributed by atoms with Crippen LogP contribution in [0.3, 0.4) is 0 Å². The van der Waals surface area contributed by atoms with Gasteiger partial charge in [-0.2, -0.15) is 0 Å². The van der Waals surface area contributed by atoms with Gasteiger partial charge in [-0.1, -0.05) is 110 Å². The maximum atomic E-state index is 2.63. The van der Waals surface area contributed by atoms with E-state index >= 15 is 0 Å². The van der Waals surface area contributed by atoms with Gasteiger partial charge in [-0.05, 0) is 26.2 Å². The fourth-order valence-electron chi connectivity index (χ4n) is 4.50. The van der Waals surface area contributed by atoms with Crippen LogP contribution in [0.15, 0.2) is 12.4 Å². The number of hydrogen-bond acceptors (Lipinski definition) is 2. The summed E-state index contributed by atoms with van der Waals surface area (Å²) >= 11 is 0. The average molecular weight is 393 g/mol. The van der Waals surface area contributed by atoms with Crippen LogP contribution in [0.2, 0.25) is 0 Å². The standard InChI is InChI=1S/C26H52N2/c1-4-7-9-11-13-15-16-18-20-22-26-27(6-3)24-25-28(26)23-21-19-17-14-12-10-8-5-2/h24-26H,4-23H2,1-3H3. The van der Waals surface area contributed by atoms with Gasteiger partial charge in [0.2, 0.25) is 0 Å². The molecule has 0 N–H and O–H groups in total. The molecule has 166 valence electrons. The van der Waals surface area contributed by atoms with E-state index in [-0.39, 0.29) is 0 Å². The topological polar surface area (TPSA) is 6.48 Å².